The Bertz CT molecular complexity index is 367. The van der Waals surface area contributed by atoms with Crippen LogP contribution in [0.4, 0.5) is 5.69 Å². The van der Waals surface area contributed by atoms with Crippen LogP contribution < -0.4 is 10.2 Å². The lowest BCUT2D eigenvalue weighted by Crippen LogP contribution is -2.32. The fourth-order valence-corrected chi connectivity index (χ4v) is 2.68. The highest BCUT2D eigenvalue weighted by Gasteiger charge is 2.22. The van der Waals surface area contributed by atoms with Crippen molar-refractivity contribution in [2.24, 2.45) is 0 Å². The lowest BCUT2D eigenvalue weighted by atomic mass is 10.1. The van der Waals surface area contributed by atoms with E-state index in [0.717, 1.165) is 32.7 Å². The third-order valence-electron chi connectivity index (χ3n) is 3.59. The predicted molar refractivity (Wildman–Crippen MR) is 76.3 cm³/mol. The van der Waals surface area contributed by atoms with Gasteiger partial charge in [-0.05, 0) is 31.0 Å². The molecule has 100 valence electrons. The van der Waals surface area contributed by atoms with E-state index in [1.54, 1.807) is 7.11 Å². The number of para-hydroxylation sites is 1. The van der Waals surface area contributed by atoms with Gasteiger partial charge in [-0.25, -0.2) is 0 Å². The first-order valence-corrected chi connectivity index (χ1v) is 6.90. The highest BCUT2D eigenvalue weighted by molar-refractivity contribution is 5.54. The number of rotatable bonds is 6. The summed E-state index contributed by atoms with van der Waals surface area (Å²) in [6, 6.07) is 9.35. The van der Waals surface area contributed by atoms with Gasteiger partial charge in [0.1, 0.15) is 0 Å². The number of hydrogen-bond acceptors (Lipinski definition) is 3. The van der Waals surface area contributed by atoms with Gasteiger partial charge >= 0.3 is 0 Å². The summed E-state index contributed by atoms with van der Waals surface area (Å²) in [7, 11) is 1.76. The monoisotopic (exact) mass is 248 g/mol. The Hall–Kier alpha value is -1.06. The topological polar surface area (TPSA) is 24.5 Å². The van der Waals surface area contributed by atoms with Crippen LogP contribution in [0.15, 0.2) is 24.3 Å². The zero-order valence-corrected chi connectivity index (χ0v) is 11.5. The second-order valence-corrected chi connectivity index (χ2v) is 4.86. The molecule has 0 spiro atoms. The zero-order valence-electron chi connectivity index (χ0n) is 11.5. The van der Waals surface area contributed by atoms with Crippen LogP contribution in [0.1, 0.15) is 18.9 Å². The average Bonchev–Trinajstić information content (AvgIpc) is 2.86. The third kappa shape index (κ3) is 3.24. The summed E-state index contributed by atoms with van der Waals surface area (Å²) in [6.07, 6.45) is 2.24. The standard InChI is InChI=1S/C15H24N2O/c1-3-16-14-8-10-17(12-14)15-7-5-4-6-13(15)9-11-18-2/h4-7,14,16H,3,8-12H2,1-2H3. The number of likely N-dealkylation sites (N-methyl/N-ethyl adjacent to an activating group) is 1. The maximum Gasteiger partial charge on any atom is 0.0503 e. The molecule has 3 heteroatoms. The van der Waals surface area contributed by atoms with Crippen LogP contribution in [-0.4, -0.2) is 39.4 Å². The number of hydrogen-bond donors (Lipinski definition) is 1. The smallest absolute Gasteiger partial charge is 0.0503 e. The molecule has 0 radical (unpaired) electrons. The second-order valence-electron chi connectivity index (χ2n) is 4.86. The van der Waals surface area contributed by atoms with Crippen molar-refractivity contribution in [3.8, 4) is 0 Å². The van der Waals surface area contributed by atoms with Gasteiger partial charge in [-0.3, -0.25) is 0 Å². The van der Waals surface area contributed by atoms with Crippen molar-refractivity contribution in [3.63, 3.8) is 0 Å². The molecule has 0 amide bonds. The summed E-state index contributed by atoms with van der Waals surface area (Å²) in [4.78, 5) is 2.50. The molecule has 1 aliphatic rings. The van der Waals surface area contributed by atoms with Crippen LogP contribution in [-0.2, 0) is 11.2 Å². The summed E-state index contributed by atoms with van der Waals surface area (Å²) in [6.45, 7) is 6.31. The number of anilines is 1. The van der Waals surface area contributed by atoms with E-state index in [-0.39, 0.29) is 0 Å². The first kappa shape index (κ1) is 13.4. The lowest BCUT2D eigenvalue weighted by molar-refractivity contribution is 0.202. The fraction of sp³-hybridized carbons (Fsp3) is 0.600. The third-order valence-corrected chi connectivity index (χ3v) is 3.59. The largest absolute Gasteiger partial charge is 0.384 e. The van der Waals surface area contributed by atoms with Crippen LogP contribution >= 0.6 is 0 Å². The van der Waals surface area contributed by atoms with Crippen molar-refractivity contribution in [3.05, 3.63) is 29.8 Å². The van der Waals surface area contributed by atoms with Gasteiger partial charge in [0, 0.05) is 31.9 Å². The van der Waals surface area contributed by atoms with Gasteiger partial charge < -0.3 is 15.0 Å². The van der Waals surface area contributed by atoms with E-state index in [1.165, 1.54) is 17.7 Å². The molecule has 0 aliphatic carbocycles. The summed E-state index contributed by atoms with van der Waals surface area (Å²) < 4.78 is 5.19. The van der Waals surface area contributed by atoms with Crippen LogP contribution in [0.3, 0.4) is 0 Å². The van der Waals surface area contributed by atoms with E-state index in [1.807, 2.05) is 0 Å². The molecular weight excluding hydrogens is 224 g/mol. The number of nitrogens with one attached hydrogen (secondary N) is 1. The number of benzene rings is 1. The Labute approximate surface area is 110 Å². The summed E-state index contributed by atoms with van der Waals surface area (Å²) in [5.41, 5.74) is 2.78. The Kier molecular flexibility index (Phi) is 5.02. The summed E-state index contributed by atoms with van der Waals surface area (Å²) in [5, 5.41) is 3.54. The fourth-order valence-electron chi connectivity index (χ4n) is 2.68. The molecular formula is C15H24N2O. The maximum absolute atomic E-state index is 5.19. The molecule has 3 nitrogen and oxygen atoms in total. The minimum absolute atomic E-state index is 0.644. The van der Waals surface area contributed by atoms with E-state index < -0.39 is 0 Å². The molecule has 0 aromatic heterocycles. The van der Waals surface area contributed by atoms with Crippen LogP contribution in [0, 0.1) is 0 Å². The maximum atomic E-state index is 5.19. The van der Waals surface area contributed by atoms with Gasteiger partial charge in [0.15, 0.2) is 0 Å². The zero-order chi connectivity index (χ0) is 12.8. The molecule has 1 aliphatic heterocycles. The van der Waals surface area contributed by atoms with E-state index in [2.05, 4.69) is 41.4 Å². The molecule has 18 heavy (non-hydrogen) atoms. The molecule has 1 fully saturated rings. The minimum atomic E-state index is 0.644. The summed E-state index contributed by atoms with van der Waals surface area (Å²) >= 11 is 0. The highest BCUT2D eigenvalue weighted by atomic mass is 16.5. The molecule has 1 N–H and O–H groups in total. The minimum Gasteiger partial charge on any atom is -0.384 e. The van der Waals surface area contributed by atoms with E-state index in [4.69, 9.17) is 4.74 Å². The first-order valence-electron chi connectivity index (χ1n) is 6.90. The molecule has 2 rings (SSSR count). The van der Waals surface area contributed by atoms with Gasteiger partial charge in [0.2, 0.25) is 0 Å². The first-order chi connectivity index (χ1) is 8.85. The van der Waals surface area contributed by atoms with Gasteiger partial charge in [-0.1, -0.05) is 25.1 Å². The highest BCUT2D eigenvalue weighted by Crippen LogP contribution is 2.25. The molecule has 1 aromatic carbocycles. The Morgan fingerprint density at radius 3 is 3.00 bits per heavy atom. The van der Waals surface area contributed by atoms with Crippen molar-refractivity contribution in [1.82, 2.24) is 5.32 Å². The van der Waals surface area contributed by atoms with Crippen molar-refractivity contribution >= 4 is 5.69 Å². The SMILES string of the molecule is CCNC1CCN(c2ccccc2CCOC)C1. The quantitative estimate of drug-likeness (QED) is 0.834. The normalized spacial score (nSPS) is 19.4. The molecule has 1 atom stereocenters. The van der Waals surface area contributed by atoms with Crippen LogP contribution in [0.25, 0.3) is 0 Å². The summed E-state index contributed by atoms with van der Waals surface area (Å²) in [5.74, 6) is 0. The van der Waals surface area contributed by atoms with Gasteiger partial charge in [-0.2, -0.15) is 0 Å². The van der Waals surface area contributed by atoms with E-state index in [0.29, 0.717) is 6.04 Å². The number of nitrogens with zero attached hydrogens (tertiary/aromatic N) is 1. The molecule has 1 aromatic rings. The molecule has 1 heterocycles. The van der Waals surface area contributed by atoms with Crippen molar-refractivity contribution < 1.29 is 4.74 Å². The van der Waals surface area contributed by atoms with Crippen molar-refractivity contribution in [1.29, 1.82) is 0 Å². The molecule has 1 unspecified atom stereocenters. The Morgan fingerprint density at radius 1 is 1.39 bits per heavy atom. The lowest BCUT2D eigenvalue weighted by Gasteiger charge is -2.22. The second kappa shape index (κ2) is 6.76. The predicted octanol–water partition coefficient (Wildman–Crippen LogP) is 2.06. The van der Waals surface area contributed by atoms with Crippen molar-refractivity contribution in [2.45, 2.75) is 25.8 Å². The average molecular weight is 248 g/mol. The Balaban J connectivity index is 2.04. The van der Waals surface area contributed by atoms with Crippen LogP contribution in [0.5, 0.6) is 0 Å². The molecule has 1 saturated heterocycles. The van der Waals surface area contributed by atoms with Crippen molar-refractivity contribution in [2.75, 3.05) is 38.3 Å². The number of ether oxygens (including phenoxy) is 1. The molecule has 0 bridgehead atoms. The Morgan fingerprint density at radius 2 is 2.22 bits per heavy atom. The van der Waals surface area contributed by atoms with Gasteiger partial charge in [0.25, 0.3) is 0 Å². The van der Waals surface area contributed by atoms with Gasteiger partial charge in [-0.15, -0.1) is 0 Å². The molecule has 0 saturated carbocycles. The van der Waals surface area contributed by atoms with Gasteiger partial charge in [0.05, 0.1) is 6.61 Å². The van der Waals surface area contributed by atoms with E-state index >= 15 is 0 Å². The van der Waals surface area contributed by atoms with Crippen LogP contribution in [0.2, 0.25) is 0 Å². The van der Waals surface area contributed by atoms with E-state index in [9.17, 15) is 0 Å². The number of methoxy groups -OCH3 is 1.